The van der Waals surface area contributed by atoms with Crippen molar-refractivity contribution in [2.75, 3.05) is 6.61 Å². The molecule has 0 aliphatic carbocycles. The quantitative estimate of drug-likeness (QED) is 0.661. The van der Waals surface area contributed by atoms with Gasteiger partial charge in [0.2, 0.25) is 0 Å². The molecule has 0 bridgehead atoms. The van der Waals surface area contributed by atoms with Crippen molar-refractivity contribution in [2.45, 2.75) is 13.8 Å². The van der Waals surface area contributed by atoms with E-state index in [9.17, 15) is 4.79 Å². The summed E-state index contributed by atoms with van der Waals surface area (Å²) in [5, 5.41) is 8.95. The fourth-order valence-corrected chi connectivity index (χ4v) is 0.670. The van der Waals surface area contributed by atoms with Gasteiger partial charge in [0.25, 0.3) is 0 Å². The van der Waals surface area contributed by atoms with E-state index in [1.54, 1.807) is 13.8 Å². The number of rotatable bonds is 3. The number of carbonyl (C=O) groups excluding carboxylic acids is 1. The molecule has 0 heterocycles. The van der Waals surface area contributed by atoms with E-state index in [0.29, 0.717) is 5.70 Å². The summed E-state index contributed by atoms with van der Waals surface area (Å²) < 4.78 is 4.63. The van der Waals surface area contributed by atoms with Crippen LogP contribution in [0.15, 0.2) is 24.7 Å². The van der Waals surface area contributed by atoms with Crippen LogP contribution in [-0.2, 0) is 4.74 Å². The molecule has 0 saturated carbocycles. The maximum Gasteiger partial charge on any atom is 0.421 e. The third-order valence-electron chi connectivity index (χ3n) is 1.09. The summed E-state index contributed by atoms with van der Waals surface area (Å²) in [6, 6.07) is 0. The SMILES string of the molecule is C=C(C)N(C(=C)O)C(=O)OCC. The molecule has 12 heavy (non-hydrogen) atoms. The van der Waals surface area contributed by atoms with Crippen LogP contribution in [0, 0.1) is 0 Å². The van der Waals surface area contributed by atoms with E-state index < -0.39 is 6.09 Å². The summed E-state index contributed by atoms with van der Waals surface area (Å²) in [7, 11) is 0. The minimum Gasteiger partial charge on any atom is -0.494 e. The number of nitrogens with zero attached hydrogens (tertiary/aromatic N) is 1. The van der Waals surface area contributed by atoms with Gasteiger partial charge in [-0.05, 0) is 20.4 Å². The summed E-state index contributed by atoms with van der Waals surface area (Å²) in [5.41, 5.74) is 0.362. The highest BCUT2D eigenvalue weighted by molar-refractivity contribution is 5.71. The van der Waals surface area contributed by atoms with E-state index in [-0.39, 0.29) is 12.5 Å². The summed E-state index contributed by atoms with van der Waals surface area (Å²) >= 11 is 0. The van der Waals surface area contributed by atoms with Gasteiger partial charge >= 0.3 is 6.09 Å². The zero-order chi connectivity index (χ0) is 9.72. The molecule has 0 atom stereocenters. The van der Waals surface area contributed by atoms with E-state index in [1.165, 1.54) is 0 Å². The first kappa shape index (κ1) is 10.6. The van der Waals surface area contributed by atoms with Crippen LogP contribution in [0.5, 0.6) is 0 Å². The van der Waals surface area contributed by atoms with Crippen molar-refractivity contribution >= 4 is 6.09 Å². The van der Waals surface area contributed by atoms with Crippen LogP contribution in [0.4, 0.5) is 4.79 Å². The number of aliphatic hydroxyl groups is 1. The minimum absolute atomic E-state index is 0.246. The number of amides is 1. The fourth-order valence-electron chi connectivity index (χ4n) is 0.670. The third-order valence-corrected chi connectivity index (χ3v) is 1.09. The lowest BCUT2D eigenvalue weighted by molar-refractivity contribution is 0.112. The topological polar surface area (TPSA) is 49.8 Å². The second kappa shape index (κ2) is 4.43. The van der Waals surface area contributed by atoms with Gasteiger partial charge in [-0.1, -0.05) is 6.58 Å². The Morgan fingerprint density at radius 1 is 1.58 bits per heavy atom. The van der Waals surface area contributed by atoms with Crippen LogP contribution >= 0.6 is 0 Å². The number of hydrogen-bond acceptors (Lipinski definition) is 3. The molecule has 0 unspecified atom stereocenters. The maximum atomic E-state index is 11.0. The lowest BCUT2D eigenvalue weighted by Crippen LogP contribution is -2.28. The van der Waals surface area contributed by atoms with Crippen LogP contribution in [0.25, 0.3) is 0 Å². The zero-order valence-electron chi connectivity index (χ0n) is 7.33. The molecule has 4 nitrogen and oxygen atoms in total. The smallest absolute Gasteiger partial charge is 0.421 e. The second-order valence-electron chi connectivity index (χ2n) is 2.19. The van der Waals surface area contributed by atoms with Gasteiger partial charge < -0.3 is 9.84 Å². The predicted octanol–water partition coefficient (Wildman–Crippen LogP) is 2.01. The molecular formula is C8H13NO3. The monoisotopic (exact) mass is 171 g/mol. The minimum atomic E-state index is -0.669. The maximum absolute atomic E-state index is 11.0. The van der Waals surface area contributed by atoms with Gasteiger partial charge in [0.1, 0.15) is 0 Å². The average molecular weight is 171 g/mol. The highest BCUT2D eigenvalue weighted by Crippen LogP contribution is 2.08. The molecule has 0 radical (unpaired) electrons. The Balaban J connectivity index is 4.41. The van der Waals surface area contributed by atoms with Crippen molar-refractivity contribution in [3.8, 4) is 0 Å². The van der Waals surface area contributed by atoms with Crippen molar-refractivity contribution in [1.82, 2.24) is 4.90 Å². The van der Waals surface area contributed by atoms with Crippen molar-refractivity contribution < 1.29 is 14.6 Å². The standard InChI is InChI=1S/C8H13NO3/c1-5-12-8(11)9(6(2)3)7(4)10/h10H,2,4-5H2,1,3H3. The molecule has 68 valence electrons. The van der Waals surface area contributed by atoms with Gasteiger partial charge in [0, 0.05) is 5.70 Å². The summed E-state index contributed by atoms with van der Waals surface area (Å²) in [6.45, 7) is 10.2. The first-order valence-electron chi connectivity index (χ1n) is 3.51. The summed E-state index contributed by atoms with van der Waals surface area (Å²) in [5.74, 6) is -0.388. The highest BCUT2D eigenvalue weighted by Gasteiger charge is 2.17. The van der Waals surface area contributed by atoms with Gasteiger partial charge in [0.05, 0.1) is 6.61 Å². The Morgan fingerprint density at radius 3 is 2.33 bits per heavy atom. The summed E-state index contributed by atoms with van der Waals surface area (Å²) in [4.78, 5) is 11.9. The van der Waals surface area contributed by atoms with E-state index in [2.05, 4.69) is 17.9 Å². The summed E-state index contributed by atoms with van der Waals surface area (Å²) in [6.07, 6.45) is -0.669. The number of hydrogen-bond donors (Lipinski definition) is 1. The van der Waals surface area contributed by atoms with E-state index >= 15 is 0 Å². The molecule has 0 aromatic heterocycles. The van der Waals surface area contributed by atoms with Gasteiger partial charge in [0.15, 0.2) is 5.88 Å². The largest absolute Gasteiger partial charge is 0.494 e. The number of ether oxygens (including phenoxy) is 1. The molecule has 1 amide bonds. The van der Waals surface area contributed by atoms with E-state index in [0.717, 1.165) is 4.90 Å². The van der Waals surface area contributed by atoms with Crippen molar-refractivity contribution in [3.63, 3.8) is 0 Å². The van der Waals surface area contributed by atoms with Crippen LogP contribution < -0.4 is 0 Å². The van der Waals surface area contributed by atoms with Gasteiger partial charge in [-0.25, -0.2) is 9.69 Å². The predicted molar refractivity (Wildman–Crippen MR) is 45.4 cm³/mol. The Hall–Kier alpha value is -1.45. The van der Waals surface area contributed by atoms with Gasteiger partial charge in [-0.15, -0.1) is 0 Å². The number of carbonyl (C=O) groups is 1. The number of aliphatic hydroxyl groups excluding tert-OH is 1. The molecule has 0 aromatic carbocycles. The Bertz CT molecular complexity index is 196. The van der Waals surface area contributed by atoms with Crippen LogP contribution in [0.2, 0.25) is 0 Å². The first-order chi connectivity index (χ1) is 5.50. The lowest BCUT2D eigenvalue weighted by Gasteiger charge is -2.19. The molecule has 0 aliphatic rings. The van der Waals surface area contributed by atoms with Crippen molar-refractivity contribution in [3.05, 3.63) is 24.7 Å². The molecule has 0 rings (SSSR count). The molecule has 0 saturated heterocycles. The van der Waals surface area contributed by atoms with Crippen molar-refractivity contribution in [1.29, 1.82) is 0 Å². The molecule has 1 N–H and O–H groups in total. The van der Waals surface area contributed by atoms with E-state index in [1.807, 2.05) is 0 Å². The van der Waals surface area contributed by atoms with Crippen LogP contribution in [0.1, 0.15) is 13.8 Å². The molecule has 4 heteroatoms. The number of allylic oxidation sites excluding steroid dienone is 1. The fraction of sp³-hybridized carbons (Fsp3) is 0.375. The molecule has 0 aliphatic heterocycles. The molecule has 0 spiro atoms. The molecular weight excluding hydrogens is 158 g/mol. The van der Waals surface area contributed by atoms with Gasteiger partial charge in [-0.2, -0.15) is 0 Å². The van der Waals surface area contributed by atoms with Crippen molar-refractivity contribution in [2.24, 2.45) is 0 Å². The normalized spacial score (nSPS) is 8.83. The Morgan fingerprint density at radius 2 is 2.08 bits per heavy atom. The Kier molecular flexibility index (Phi) is 3.90. The zero-order valence-corrected chi connectivity index (χ0v) is 7.33. The van der Waals surface area contributed by atoms with Crippen LogP contribution in [0.3, 0.4) is 0 Å². The lowest BCUT2D eigenvalue weighted by atomic mass is 10.5. The molecule has 0 fully saturated rings. The third kappa shape index (κ3) is 2.65. The second-order valence-corrected chi connectivity index (χ2v) is 2.19. The van der Waals surface area contributed by atoms with Gasteiger partial charge in [-0.3, -0.25) is 0 Å². The highest BCUT2D eigenvalue weighted by atomic mass is 16.6. The first-order valence-corrected chi connectivity index (χ1v) is 3.51. The Labute approximate surface area is 71.7 Å². The average Bonchev–Trinajstić information content (AvgIpc) is 1.85. The van der Waals surface area contributed by atoms with E-state index in [4.69, 9.17) is 5.11 Å². The van der Waals surface area contributed by atoms with Crippen LogP contribution in [-0.4, -0.2) is 22.7 Å². The molecule has 0 aromatic rings.